The van der Waals surface area contributed by atoms with Crippen LogP contribution in [0.1, 0.15) is 23.6 Å². The number of hydrazine groups is 1. The van der Waals surface area contributed by atoms with Gasteiger partial charge in [0.2, 0.25) is 17.8 Å². The Morgan fingerprint density at radius 1 is 1.38 bits per heavy atom. The van der Waals surface area contributed by atoms with Crippen molar-refractivity contribution in [2.75, 3.05) is 12.0 Å². The van der Waals surface area contributed by atoms with Gasteiger partial charge in [-0.15, -0.1) is 0 Å². The van der Waals surface area contributed by atoms with Crippen LogP contribution < -0.4 is 10.9 Å². The van der Waals surface area contributed by atoms with E-state index in [0.717, 1.165) is 11.4 Å². The van der Waals surface area contributed by atoms with Crippen molar-refractivity contribution in [3.63, 3.8) is 0 Å². The van der Waals surface area contributed by atoms with Crippen molar-refractivity contribution in [1.29, 1.82) is 0 Å². The molecule has 3 heterocycles. The van der Waals surface area contributed by atoms with E-state index in [1.807, 2.05) is 19.9 Å². The Bertz CT molecular complexity index is 724. The molecule has 126 valence electrons. The molecule has 0 bridgehead atoms. The van der Waals surface area contributed by atoms with Crippen molar-refractivity contribution in [3.05, 3.63) is 41.6 Å². The fourth-order valence-electron chi connectivity index (χ4n) is 2.69. The van der Waals surface area contributed by atoms with Gasteiger partial charge in [-0.3, -0.25) is 20.4 Å². The standard InChI is InChI=1S/C16H19N5O3/c1-10-6-11(2)18-16(17-10)20-19-15(23)12-7-14(22)21(8-12)9-13-4-3-5-24-13/h3-6,12H,7-9H2,1-2H3,(H,19,23)(H,17,18,20)/t12-/m0/s1. The third-order valence-electron chi connectivity index (χ3n) is 3.79. The van der Waals surface area contributed by atoms with Crippen molar-refractivity contribution in [2.45, 2.75) is 26.8 Å². The van der Waals surface area contributed by atoms with Gasteiger partial charge in [0, 0.05) is 24.4 Å². The lowest BCUT2D eigenvalue weighted by molar-refractivity contribution is -0.129. The Labute approximate surface area is 139 Å². The molecule has 8 heteroatoms. The molecule has 1 aliphatic rings. The summed E-state index contributed by atoms with van der Waals surface area (Å²) in [4.78, 5) is 34.3. The zero-order valence-electron chi connectivity index (χ0n) is 13.6. The van der Waals surface area contributed by atoms with Gasteiger partial charge in [-0.25, -0.2) is 9.97 Å². The van der Waals surface area contributed by atoms with Crippen molar-refractivity contribution in [1.82, 2.24) is 20.3 Å². The molecule has 2 N–H and O–H groups in total. The third kappa shape index (κ3) is 3.70. The quantitative estimate of drug-likeness (QED) is 0.799. The largest absolute Gasteiger partial charge is 0.467 e. The van der Waals surface area contributed by atoms with Gasteiger partial charge in [0.05, 0.1) is 18.7 Å². The van der Waals surface area contributed by atoms with Crippen LogP contribution in [0.3, 0.4) is 0 Å². The number of rotatable bonds is 5. The van der Waals surface area contributed by atoms with Crippen LogP contribution in [-0.2, 0) is 16.1 Å². The highest BCUT2D eigenvalue weighted by Gasteiger charge is 2.34. The molecule has 24 heavy (non-hydrogen) atoms. The van der Waals surface area contributed by atoms with E-state index in [1.165, 1.54) is 0 Å². The molecule has 2 amide bonds. The first-order valence-corrected chi connectivity index (χ1v) is 7.69. The number of amides is 2. The van der Waals surface area contributed by atoms with Crippen LogP contribution in [0.4, 0.5) is 5.95 Å². The number of nitrogens with one attached hydrogen (secondary N) is 2. The second-order valence-electron chi connectivity index (χ2n) is 5.84. The average molecular weight is 329 g/mol. The Morgan fingerprint density at radius 2 is 2.12 bits per heavy atom. The minimum atomic E-state index is -0.411. The summed E-state index contributed by atoms with van der Waals surface area (Å²) in [7, 11) is 0. The van der Waals surface area contributed by atoms with Crippen LogP contribution in [0, 0.1) is 19.8 Å². The van der Waals surface area contributed by atoms with Crippen LogP contribution >= 0.6 is 0 Å². The smallest absolute Gasteiger partial charge is 0.243 e. The van der Waals surface area contributed by atoms with Crippen LogP contribution in [0.15, 0.2) is 28.9 Å². The number of hydrogen-bond acceptors (Lipinski definition) is 6. The van der Waals surface area contributed by atoms with E-state index in [4.69, 9.17) is 4.42 Å². The first kappa shape index (κ1) is 16.0. The molecule has 0 unspecified atom stereocenters. The number of furan rings is 1. The number of carbonyl (C=O) groups is 2. The molecule has 1 atom stereocenters. The zero-order valence-corrected chi connectivity index (χ0v) is 13.6. The SMILES string of the molecule is Cc1cc(C)nc(NNC(=O)[C@H]2CC(=O)N(Cc3ccco3)C2)n1. The van der Waals surface area contributed by atoms with E-state index in [1.54, 1.807) is 23.3 Å². The van der Waals surface area contributed by atoms with Crippen LogP contribution in [0.25, 0.3) is 0 Å². The summed E-state index contributed by atoms with van der Waals surface area (Å²) < 4.78 is 5.24. The Hall–Kier alpha value is -2.90. The van der Waals surface area contributed by atoms with Crippen LogP contribution in [-0.4, -0.2) is 33.2 Å². The molecule has 0 aromatic carbocycles. The highest BCUT2D eigenvalue weighted by atomic mass is 16.3. The molecule has 1 saturated heterocycles. The number of nitrogens with zero attached hydrogens (tertiary/aromatic N) is 3. The van der Waals surface area contributed by atoms with Gasteiger partial charge in [-0.05, 0) is 32.0 Å². The van der Waals surface area contributed by atoms with Crippen LogP contribution in [0.2, 0.25) is 0 Å². The Morgan fingerprint density at radius 3 is 2.79 bits per heavy atom. The molecule has 3 rings (SSSR count). The average Bonchev–Trinajstić information content (AvgIpc) is 3.15. The molecule has 1 fully saturated rings. The van der Waals surface area contributed by atoms with E-state index in [2.05, 4.69) is 20.8 Å². The maximum absolute atomic E-state index is 12.3. The van der Waals surface area contributed by atoms with Gasteiger partial charge in [0.1, 0.15) is 5.76 Å². The molecule has 0 radical (unpaired) electrons. The molecule has 2 aromatic heterocycles. The first-order valence-electron chi connectivity index (χ1n) is 7.69. The third-order valence-corrected chi connectivity index (χ3v) is 3.79. The molecular weight excluding hydrogens is 310 g/mol. The van der Waals surface area contributed by atoms with E-state index in [0.29, 0.717) is 24.8 Å². The monoisotopic (exact) mass is 329 g/mol. The highest BCUT2D eigenvalue weighted by molar-refractivity contribution is 5.89. The fraction of sp³-hybridized carbons (Fsp3) is 0.375. The second kappa shape index (κ2) is 6.69. The summed E-state index contributed by atoms with van der Waals surface area (Å²) in [6, 6.07) is 5.42. The summed E-state index contributed by atoms with van der Waals surface area (Å²) in [5.74, 6) is 0.303. The summed E-state index contributed by atoms with van der Waals surface area (Å²) in [5, 5.41) is 0. The van der Waals surface area contributed by atoms with E-state index >= 15 is 0 Å². The summed E-state index contributed by atoms with van der Waals surface area (Å²) in [6.07, 6.45) is 1.75. The topological polar surface area (TPSA) is 100 Å². The minimum Gasteiger partial charge on any atom is -0.467 e. The maximum Gasteiger partial charge on any atom is 0.243 e. The van der Waals surface area contributed by atoms with Gasteiger partial charge >= 0.3 is 0 Å². The predicted molar refractivity (Wildman–Crippen MR) is 85.5 cm³/mol. The predicted octanol–water partition coefficient (Wildman–Crippen LogP) is 1.18. The van der Waals surface area contributed by atoms with E-state index in [-0.39, 0.29) is 18.2 Å². The minimum absolute atomic E-state index is 0.0609. The molecule has 0 saturated carbocycles. The fourth-order valence-corrected chi connectivity index (χ4v) is 2.69. The van der Waals surface area contributed by atoms with Gasteiger partial charge < -0.3 is 9.32 Å². The summed E-state index contributed by atoms with van der Waals surface area (Å²) in [6.45, 7) is 4.44. The second-order valence-corrected chi connectivity index (χ2v) is 5.84. The highest BCUT2D eigenvalue weighted by Crippen LogP contribution is 2.20. The molecular formula is C16H19N5O3. The molecule has 8 nitrogen and oxygen atoms in total. The summed E-state index contributed by atoms with van der Waals surface area (Å²) >= 11 is 0. The van der Waals surface area contributed by atoms with Crippen molar-refractivity contribution in [2.24, 2.45) is 5.92 Å². The lowest BCUT2D eigenvalue weighted by Crippen LogP contribution is -2.37. The Balaban J connectivity index is 1.55. The van der Waals surface area contributed by atoms with Gasteiger partial charge in [-0.2, -0.15) is 0 Å². The van der Waals surface area contributed by atoms with E-state index < -0.39 is 5.92 Å². The zero-order chi connectivity index (χ0) is 17.1. The molecule has 0 aliphatic carbocycles. The number of likely N-dealkylation sites (tertiary alicyclic amines) is 1. The maximum atomic E-state index is 12.3. The first-order chi connectivity index (χ1) is 11.5. The number of anilines is 1. The van der Waals surface area contributed by atoms with Crippen molar-refractivity contribution >= 4 is 17.8 Å². The molecule has 2 aromatic rings. The van der Waals surface area contributed by atoms with Crippen molar-refractivity contribution in [3.8, 4) is 0 Å². The Kier molecular flexibility index (Phi) is 4.45. The molecule has 1 aliphatic heterocycles. The van der Waals surface area contributed by atoms with Gasteiger partial charge in [0.25, 0.3) is 0 Å². The number of hydrogen-bond donors (Lipinski definition) is 2. The van der Waals surface area contributed by atoms with Crippen LogP contribution in [0.5, 0.6) is 0 Å². The van der Waals surface area contributed by atoms with Gasteiger partial charge in [0.15, 0.2) is 0 Å². The lowest BCUT2D eigenvalue weighted by atomic mass is 10.1. The van der Waals surface area contributed by atoms with Crippen molar-refractivity contribution < 1.29 is 14.0 Å². The number of aryl methyl sites for hydroxylation is 2. The normalized spacial score (nSPS) is 17.2. The number of carbonyl (C=O) groups excluding carboxylic acids is 2. The lowest BCUT2D eigenvalue weighted by Gasteiger charge is -2.15. The molecule has 0 spiro atoms. The summed E-state index contributed by atoms with van der Waals surface area (Å²) in [5.41, 5.74) is 6.90. The van der Waals surface area contributed by atoms with E-state index in [9.17, 15) is 9.59 Å². The van der Waals surface area contributed by atoms with Gasteiger partial charge in [-0.1, -0.05) is 0 Å². The number of aromatic nitrogens is 2.